The monoisotopic (exact) mass is 473 g/mol. The van der Waals surface area contributed by atoms with Crippen LogP contribution in [0.25, 0.3) is 49.8 Å². The van der Waals surface area contributed by atoms with Gasteiger partial charge in [-0.15, -0.1) is 0 Å². The standard InChI is InChI=1S/C33H33N2O/c1-20(2)25-12-9-13-26(21(3)4)31(25)35-17-16-34(6)33(35)30-22(5)14-15-27-28-18-23-10-7-8-11-24(23)19-29(28)36-32(27)30/h7-21H,1-6H3/q+1. The van der Waals surface area contributed by atoms with E-state index in [1.54, 1.807) is 0 Å². The molecule has 4 aromatic carbocycles. The molecule has 2 heterocycles. The van der Waals surface area contributed by atoms with Crippen molar-refractivity contribution in [2.75, 3.05) is 0 Å². The van der Waals surface area contributed by atoms with E-state index in [9.17, 15) is 0 Å². The molecule has 0 fully saturated rings. The number of fused-ring (bicyclic) bond motifs is 4. The molecule has 0 radical (unpaired) electrons. The van der Waals surface area contributed by atoms with Gasteiger partial charge in [-0.25, -0.2) is 4.57 Å². The molecule has 6 aromatic rings. The van der Waals surface area contributed by atoms with Crippen LogP contribution in [0.2, 0.25) is 0 Å². The lowest BCUT2D eigenvalue weighted by Gasteiger charge is -2.18. The number of nitrogens with zero attached hydrogens (tertiary/aromatic N) is 2. The van der Waals surface area contributed by atoms with Crippen molar-refractivity contribution in [3.8, 4) is 17.1 Å². The van der Waals surface area contributed by atoms with Gasteiger partial charge in [0.15, 0.2) is 5.58 Å². The number of para-hydroxylation sites is 1. The Kier molecular flexibility index (Phi) is 5.26. The van der Waals surface area contributed by atoms with Crippen LogP contribution in [0.4, 0.5) is 0 Å². The first-order valence-corrected chi connectivity index (χ1v) is 12.9. The van der Waals surface area contributed by atoms with Crippen molar-refractivity contribution in [1.29, 1.82) is 0 Å². The van der Waals surface area contributed by atoms with Gasteiger partial charge in [0.25, 0.3) is 5.82 Å². The van der Waals surface area contributed by atoms with Gasteiger partial charge in [0.1, 0.15) is 29.2 Å². The fourth-order valence-corrected chi connectivity index (χ4v) is 5.65. The Bertz CT molecular complexity index is 1740. The molecule has 36 heavy (non-hydrogen) atoms. The maximum Gasteiger partial charge on any atom is 0.297 e. The molecule has 0 N–H and O–H groups in total. The summed E-state index contributed by atoms with van der Waals surface area (Å²) in [7, 11) is 2.13. The molecule has 2 aromatic heterocycles. The third-order valence-corrected chi connectivity index (χ3v) is 7.52. The fourth-order valence-electron chi connectivity index (χ4n) is 5.65. The van der Waals surface area contributed by atoms with Gasteiger partial charge in [-0.3, -0.25) is 0 Å². The number of furan rings is 1. The Morgan fingerprint density at radius 3 is 2.11 bits per heavy atom. The van der Waals surface area contributed by atoms with E-state index < -0.39 is 0 Å². The van der Waals surface area contributed by atoms with Crippen LogP contribution in [-0.4, -0.2) is 4.57 Å². The van der Waals surface area contributed by atoms with Crippen molar-refractivity contribution < 1.29 is 8.98 Å². The molecule has 180 valence electrons. The molecule has 0 saturated heterocycles. The van der Waals surface area contributed by atoms with Crippen molar-refractivity contribution in [3.63, 3.8) is 0 Å². The van der Waals surface area contributed by atoms with E-state index in [-0.39, 0.29) is 0 Å². The molecule has 0 saturated carbocycles. The van der Waals surface area contributed by atoms with Gasteiger partial charge in [-0.1, -0.05) is 82.3 Å². The Labute approximate surface area is 212 Å². The van der Waals surface area contributed by atoms with Crippen LogP contribution in [0.3, 0.4) is 0 Å². The number of hydrogen-bond acceptors (Lipinski definition) is 1. The smallest absolute Gasteiger partial charge is 0.297 e. The lowest BCUT2D eigenvalue weighted by molar-refractivity contribution is -0.659. The lowest BCUT2D eigenvalue weighted by atomic mass is 9.92. The molecule has 0 bridgehead atoms. The number of hydrogen-bond donors (Lipinski definition) is 0. The normalized spacial score (nSPS) is 12.1. The highest BCUT2D eigenvalue weighted by atomic mass is 16.3. The highest BCUT2D eigenvalue weighted by Gasteiger charge is 2.29. The number of aryl methyl sites for hydroxylation is 2. The van der Waals surface area contributed by atoms with Gasteiger partial charge in [-0.05, 0) is 47.2 Å². The highest BCUT2D eigenvalue weighted by molar-refractivity contribution is 6.13. The van der Waals surface area contributed by atoms with Crippen LogP contribution in [0.5, 0.6) is 0 Å². The zero-order valence-corrected chi connectivity index (χ0v) is 22.0. The Morgan fingerprint density at radius 2 is 1.44 bits per heavy atom. The summed E-state index contributed by atoms with van der Waals surface area (Å²) in [5.41, 5.74) is 8.24. The summed E-state index contributed by atoms with van der Waals surface area (Å²) in [6.45, 7) is 11.3. The van der Waals surface area contributed by atoms with Crippen molar-refractivity contribution >= 4 is 32.7 Å². The minimum atomic E-state index is 0.412. The summed E-state index contributed by atoms with van der Waals surface area (Å²) in [5, 5.41) is 4.75. The first-order valence-electron chi connectivity index (χ1n) is 12.9. The van der Waals surface area contributed by atoms with E-state index in [2.05, 4.69) is 130 Å². The van der Waals surface area contributed by atoms with Crippen LogP contribution in [0, 0.1) is 6.92 Å². The predicted molar refractivity (Wildman–Crippen MR) is 150 cm³/mol. The Morgan fingerprint density at radius 1 is 0.778 bits per heavy atom. The second kappa shape index (κ2) is 8.37. The summed E-state index contributed by atoms with van der Waals surface area (Å²) in [6.07, 6.45) is 4.36. The first kappa shape index (κ1) is 22.6. The van der Waals surface area contributed by atoms with Crippen LogP contribution >= 0.6 is 0 Å². The molecular weight excluding hydrogens is 440 g/mol. The van der Waals surface area contributed by atoms with Gasteiger partial charge >= 0.3 is 0 Å². The SMILES string of the molecule is Cc1ccc2c(oc3cc4ccccc4cc32)c1-c1n(-c2c(C(C)C)cccc2C(C)C)cc[n+]1C. The Balaban J connectivity index is 1.70. The quantitative estimate of drug-likeness (QED) is 0.235. The highest BCUT2D eigenvalue weighted by Crippen LogP contribution is 2.40. The third-order valence-electron chi connectivity index (χ3n) is 7.52. The molecule has 6 rings (SSSR count). The second-order valence-corrected chi connectivity index (χ2v) is 10.6. The molecule has 0 aliphatic rings. The average Bonchev–Trinajstić information content (AvgIpc) is 3.41. The maximum atomic E-state index is 6.67. The van der Waals surface area contributed by atoms with Crippen molar-refractivity contribution in [2.24, 2.45) is 7.05 Å². The van der Waals surface area contributed by atoms with E-state index in [0.29, 0.717) is 11.8 Å². The molecule has 0 aliphatic heterocycles. The minimum absolute atomic E-state index is 0.412. The largest absolute Gasteiger partial charge is 0.455 e. The summed E-state index contributed by atoms with van der Waals surface area (Å²) in [4.78, 5) is 0. The Hall–Kier alpha value is -3.85. The van der Waals surface area contributed by atoms with Crippen LogP contribution in [0.1, 0.15) is 56.2 Å². The van der Waals surface area contributed by atoms with Crippen LogP contribution < -0.4 is 4.57 Å². The minimum Gasteiger partial charge on any atom is -0.455 e. The van der Waals surface area contributed by atoms with Gasteiger partial charge in [0.2, 0.25) is 0 Å². The predicted octanol–water partition coefficient (Wildman–Crippen LogP) is 8.58. The van der Waals surface area contributed by atoms with Gasteiger partial charge in [-0.2, -0.15) is 4.57 Å². The van der Waals surface area contributed by atoms with E-state index in [1.165, 1.54) is 33.2 Å². The van der Waals surface area contributed by atoms with Gasteiger partial charge in [0, 0.05) is 21.9 Å². The second-order valence-electron chi connectivity index (χ2n) is 10.6. The zero-order valence-electron chi connectivity index (χ0n) is 22.0. The number of rotatable bonds is 4. The molecule has 3 nitrogen and oxygen atoms in total. The molecule has 0 aliphatic carbocycles. The van der Waals surface area contributed by atoms with E-state index in [4.69, 9.17) is 4.42 Å². The first-order chi connectivity index (χ1) is 17.3. The van der Waals surface area contributed by atoms with E-state index >= 15 is 0 Å². The number of imidazole rings is 1. The van der Waals surface area contributed by atoms with Crippen molar-refractivity contribution in [2.45, 2.75) is 46.5 Å². The number of benzene rings is 4. The average molecular weight is 474 g/mol. The summed E-state index contributed by atoms with van der Waals surface area (Å²) >= 11 is 0. The fraction of sp³-hybridized carbons (Fsp3) is 0.242. The van der Waals surface area contributed by atoms with E-state index in [1.807, 2.05) is 0 Å². The van der Waals surface area contributed by atoms with Gasteiger partial charge in [0.05, 0.1) is 7.05 Å². The summed E-state index contributed by atoms with van der Waals surface area (Å²) < 4.78 is 11.3. The maximum absolute atomic E-state index is 6.67. The molecule has 0 amide bonds. The van der Waals surface area contributed by atoms with Crippen molar-refractivity contribution in [1.82, 2.24) is 4.57 Å². The van der Waals surface area contributed by atoms with Crippen LogP contribution in [0.15, 0.2) is 83.5 Å². The molecule has 0 unspecified atom stereocenters. The lowest BCUT2D eigenvalue weighted by Crippen LogP contribution is -2.29. The van der Waals surface area contributed by atoms with Gasteiger partial charge < -0.3 is 4.42 Å². The third kappa shape index (κ3) is 3.37. The van der Waals surface area contributed by atoms with E-state index in [0.717, 1.165) is 33.3 Å². The molecule has 0 spiro atoms. The molecule has 3 heteroatoms. The number of aromatic nitrogens is 2. The van der Waals surface area contributed by atoms with Crippen LogP contribution in [-0.2, 0) is 7.05 Å². The summed E-state index contributed by atoms with van der Waals surface area (Å²) in [5.74, 6) is 1.96. The van der Waals surface area contributed by atoms with Crippen molar-refractivity contribution in [3.05, 3.63) is 95.8 Å². The zero-order chi connectivity index (χ0) is 25.1. The molecular formula is C33H33N2O+. The topological polar surface area (TPSA) is 21.9 Å². The summed E-state index contributed by atoms with van der Waals surface area (Å²) in [6, 6.07) is 24.1. The molecule has 0 atom stereocenters.